The van der Waals surface area contributed by atoms with E-state index < -0.39 is 11.7 Å². The summed E-state index contributed by atoms with van der Waals surface area (Å²) < 4.78 is 10.7. The molecule has 0 saturated heterocycles. The van der Waals surface area contributed by atoms with Gasteiger partial charge in [-0.1, -0.05) is 11.8 Å². The molecule has 0 aliphatic carbocycles. The molecule has 1 heterocycles. The number of anilines is 1. The molecule has 1 aromatic heterocycles. The second-order valence-corrected chi connectivity index (χ2v) is 7.51. The second kappa shape index (κ2) is 9.94. The van der Waals surface area contributed by atoms with Crippen LogP contribution in [0.25, 0.3) is 10.9 Å². The number of amides is 1. The van der Waals surface area contributed by atoms with Crippen LogP contribution in [0.1, 0.15) is 39.2 Å². The van der Waals surface area contributed by atoms with Crippen LogP contribution < -0.4 is 21.1 Å². The fourth-order valence-corrected chi connectivity index (χ4v) is 2.63. The van der Waals surface area contributed by atoms with Crippen LogP contribution in [-0.4, -0.2) is 48.4 Å². The summed E-state index contributed by atoms with van der Waals surface area (Å²) in [5.41, 5.74) is 6.84. The van der Waals surface area contributed by atoms with E-state index in [0.29, 0.717) is 23.6 Å². The van der Waals surface area contributed by atoms with Gasteiger partial charge >= 0.3 is 6.09 Å². The molecule has 0 aliphatic rings. The Morgan fingerprint density at radius 1 is 1.31 bits per heavy atom. The SMILES string of the molecule is CNC(C#Cc1cc2ncnc(N)c2cc1OC)CCCNC(=O)OC(C)(C)C. The number of nitrogens with zero attached hydrogens (tertiary/aromatic N) is 2. The summed E-state index contributed by atoms with van der Waals surface area (Å²) in [5, 5.41) is 6.66. The third-order valence-corrected chi connectivity index (χ3v) is 4.05. The van der Waals surface area contributed by atoms with E-state index in [1.165, 1.54) is 6.33 Å². The van der Waals surface area contributed by atoms with Crippen molar-refractivity contribution in [2.24, 2.45) is 0 Å². The smallest absolute Gasteiger partial charge is 0.407 e. The molecule has 0 fully saturated rings. The number of nitrogens with one attached hydrogen (secondary N) is 2. The van der Waals surface area contributed by atoms with Crippen LogP contribution in [0.5, 0.6) is 5.75 Å². The highest BCUT2D eigenvalue weighted by molar-refractivity contribution is 5.90. The van der Waals surface area contributed by atoms with Crippen molar-refractivity contribution in [1.82, 2.24) is 20.6 Å². The summed E-state index contributed by atoms with van der Waals surface area (Å²) in [5.74, 6) is 7.38. The van der Waals surface area contributed by atoms with Crippen molar-refractivity contribution in [2.75, 3.05) is 26.4 Å². The number of hydrogen-bond donors (Lipinski definition) is 3. The molecular weight excluding hydrogens is 370 g/mol. The number of nitrogen functional groups attached to an aromatic ring is 1. The number of nitrogens with two attached hydrogens (primary N) is 1. The van der Waals surface area contributed by atoms with Gasteiger partial charge in [0.1, 0.15) is 23.5 Å². The van der Waals surface area contributed by atoms with Crippen molar-refractivity contribution >= 4 is 22.8 Å². The first-order valence-corrected chi connectivity index (χ1v) is 9.47. The summed E-state index contributed by atoms with van der Waals surface area (Å²) in [6, 6.07) is 3.61. The fourth-order valence-electron chi connectivity index (χ4n) is 2.63. The van der Waals surface area contributed by atoms with Crippen LogP contribution in [0.15, 0.2) is 18.5 Å². The number of methoxy groups -OCH3 is 1. The zero-order chi connectivity index (χ0) is 21.4. The number of rotatable bonds is 6. The number of carbonyl (C=O) groups is 1. The van der Waals surface area contributed by atoms with Crippen LogP contribution >= 0.6 is 0 Å². The van der Waals surface area contributed by atoms with Gasteiger partial charge in [-0.05, 0) is 52.8 Å². The Bertz CT molecular complexity index is 912. The number of carbonyl (C=O) groups excluding carboxylic acids is 1. The van der Waals surface area contributed by atoms with Crippen molar-refractivity contribution in [3.63, 3.8) is 0 Å². The van der Waals surface area contributed by atoms with Gasteiger partial charge < -0.3 is 25.8 Å². The standard InChI is InChI=1S/C21H29N5O3/c1-21(2,3)29-20(27)24-10-6-7-15(23-4)9-8-14-11-17-16(12-18(14)28-5)19(22)26-13-25-17/h11-13,15,23H,6-7,10H2,1-5H3,(H,24,27)(H2,22,25,26). The summed E-state index contributed by atoms with van der Waals surface area (Å²) >= 11 is 0. The molecule has 8 heteroatoms. The van der Waals surface area contributed by atoms with Crippen molar-refractivity contribution in [2.45, 2.75) is 45.3 Å². The highest BCUT2D eigenvalue weighted by Crippen LogP contribution is 2.26. The summed E-state index contributed by atoms with van der Waals surface area (Å²) in [6.45, 7) is 6.02. The molecule has 1 amide bonds. The van der Waals surface area contributed by atoms with Crippen LogP contribution in [0.4, 0.5) is 10.6 Å². The minimum absolute atomic E-state index is 0.0358. The third kappa shape index (κ3) is 6.80. The van der Waals surface area contributed by atoms with Gasteiger partial charge in [-0.15, -0.1) is 0 Å². The van der Waals surface area contributed by atoms with E-state index in [4.69, 9.17) is 15.2 Å². The second-order valence-electron chi connectivity index (χ2n) is 7.51. The van der Waals surface area contributed by atoms with Gasteiger partial charge in [0.25, 0.3) is 0 Å². The lowest BCUT2D eigenvalue weighted by atomic mass is 10.1. The van der Waals surface area contributed by atoms with Crippen LogP contribution in [0, 0.1) is 11.8 Å². The Hall–Kier alpha value is -3.05. The van der Waals surface area contributed by atoms with E-state index in [1.807, 2.05) is 33.9 Å². The lowest BCUT2D eigenvalue weighted by molar-refractivity contribution is 0.0527. The highest BCUT2D eigenvalue weighted by atomic mass is 16.6. The average molecular weight is 399 g/mol. The molecule has 4 N–H and O–H groups in total. The Kier molecular flexibility index (Phi) is 7.62. The molecule has 0 aliphatic heterocycles. The first-order valence-electron chi connectivity index (χ1n) is 9.47. The Morgan fingerprint density at radius 2 is 2.07 bits per heavy atom. The first-order chi connectivity index (χ1) is 13.7. The molecule has 0 radical (unpaired) electrons. The van der Waals surface area contributed by atoms with E-state index >= 15 is 0 Å². The first kappa shape index (κ1) is 22.2. The van der Waals surface area contributed by atoms with E-state index in [2.05, 4.69) is 32.4 Å². The number of fused-ring (bicyclic) bond motifs is 1. The maximum atomic E-state index is 11.7. The van der Waals surface area contributed by atoms with Gasteiger partial charge in [-0.3, -0.25) is 0 Å². The van der Waals surface area contributed by atoms with E-state index in [9.17, 15) is 4.79 Å². The number of hydrogen-bond acceptors (Lipinski definition) is 7. The van der Waals surface area contributed by atoms with Crippen LogP contribution in [-0.2, 0) is 4.74 Å². The maximum absolute atomic E-state index is 11.7. The minimum atomic E-state index is -0.502. The largest absolute Gasteiger partial charge is 0.495 e. The van der Waals surface area contributed by atoms with Crippen molar-refractivity contribution < 1.29 is 14.3 Å². The summed E-state index contributed by atoms with van der Waals surface area (Å²) in [4.78, 5) is 19.9. The monoisotopic (exact) mass is 399 g/mol. The van der Waals surface area contributed by atoms with Crippen molar-refractivity contribution in [3.05, 3.63) is 24.0 Å². The quantitative estimate of drug-likeness (QED) is 0.505. The van der Waals surface area contributed by atoms with Gasteiger partial charge in [-0.2, -0.15) is 0 Å². The van der Waals surface area contributed by atoms with Gasteiger partial charge in [0.05, 0.1) is 24.2 Å². The Balaban J connectivity index is 2.00. The molecule has 0 bridgehead atoms. The summed E-state index contributed by atoms with van der Waals surface area (Å²) in [6.07, 6.45) is 2.55. The average Bonchev–Trinajstić information content (AvgIpc) is 2.65. The number of aromatic nitrogens is 2. The Morgan fingerprint density at radius 3 is 2.72 bits per heavy atom. The number of alkyl carbamates (subject to hydrolysis) is 1. The van der Waals surface area contributed by atoms with Gasteiger partial charge in [0.15, 0.2) is 0 Å². The highest BCUT2D eigenvalue weighted by Gasteiger charge is 2.15. The molecular formula is C21H29N5O3. The predicted octanol–water partition coefficient (Wildman–Crippen LogP) is 2.46. The normalized spacial score (nSPS) is 12.0. The molecule has 156 valence electrons. The molecule has 8 nitrogen and oxygen atoms in total. The topological polar surface area (TPSA) is 111 Å². The van der Waals surface area contributed by atoms with Crippen molar-refractivity contribution in [1.29, 1.82) is 0 Å². The molecule has 1 unspecified atom stereocenters. The third-order valence-electron chi connectivity index (χ3n) is 4.05. The lowest BCUT2D eigenvalue weighted by Crippen LogP contribution is -2.33. The van der Waals surface area contributed by atoms with Gasteiger partial charge in [-0.25, -0.2) is 14.8 Å². The predicted molar refractivity (Wildman–Crippen MR) is 114 cm³/mol. The van der Waals surface area contributed by atoms with Gasteiger partial charge in [0.2, 0.25) is 0 Å². The zero-order valence-corrected chi connectivity index (χ0v) is 17.6. The molecule has 1 atom stereocenters. The lowest BCUT2D eigenvalue weighted by Gasteiger charge is -2.19. The van der Waals surface area contributed by atoms with Crippen molar-refractivity contribution in [3.8, 4) is 17.6 Å². The molecule has 2 rings (SSSR count). The maximum Gasteiger partial charge on any atom is 0.407 e. The molecule has 29 heavy (non-hydrogen) atoms. The molecule has 2 aromatic rings. The van der Waals surface area contributed by atoms with Gasteiger partial charge in [0, 0.05) is 11.9 Å². The number of ether oxygens (including phenoxy) is 2. The van der Waals surface area contributed by atoms with Crippen LogP contribution in [0.2, 0.25) is 0 Å². The minimum Gasteiger partial charge on any atom is -0.495 e. The molecule has 1 aromatic carbocycles. The van der Waals surface area contributed by atoms with E-state index in [-0.39, 0.29) is 6.04 Å². The Labute approximate surface area is 171 Å². The molecule has 0 saturated carbocycles. The fraction of sp³-hybridized carbons (Fsp3) is 0.476. The van der Waals surface area contributed by atoms with Crippen LogP contribution in [0.3, 0.4) is 0 Å². The van der Waals surface area contributed by atoms with E-state index in [1.54, 1.807) is 13.2 Å². The molecule has 0 spiro atoms. The summed E-state index contributed by atoms with van der Waals surface area (Å²) in [7, 11) is 3.44. The number of benzene rings is 1. The van der Waals surface area contributed by atoms with E-state index in [0.717, 1.165) is 23.8 Å². The zero-order valence-electron chi connectivity index (χ0n) is 17.6.